The first kappa shape index (κ1) is 17.5. The van der Waals surface area contributed by atoms with Gasteiger partial charge in [0, 0.05) is 17.4 Å². The molecule has 3 heterocycles. The van der Waals surface area contributed by atoms with Crippen LogP contribution in [0.15, 0.2) is 67.1 Å². The number of amides is 1. The molecular weight excluding hydrogens is 382 g/mol. The fourth-order valence-electron chi connectivity index (χ4n) is 3.31. The van der Waals surface area contributed by atoms with Gasteiger partial charge in [-0.25, -0.2) is 15.0 Å². The molecule has 142 valence electrons. The maximum atomic E-state index is 12.6. The third-order valence-electron chi connectivity index (χ3n) is 4.76. The van der Waals surface area contributed by atoms with E-state index in [1.54, 1.807) is 23.9 Å². The molecule has 2 aromatic carbocycles. The van der Waals surface area contributed by atoms with Crippen LogP contribution in [-0.2, 0) is 11.3 Å². The van der Waals surface area contributed by atoms with E-state index >= 15 is 0 Å². The van der Waals surface area contributed by atoms with Crippen LogP contribution in [0, 0.1) is 6.92 Å². The van der Waals surface area contributed by atoms with E-state index in [1.807, 2.05) is 66.1 Å². The van der Waals surface area contributed by atoms with Gasteiger partial charge in [-0.2, -0.15) is 0 Å². The fraction of sp³-hybridized carbons (Fsp3) is 0.0909. The minimum Gasteiger partial charge on any atom is -0.324 e. The Bertz CT molecular complexity index is 1320. The minimum atomic E-state index is -0.0896. The summed E-state index contributed by atoms with van der Waals surface area (Å²) in [7, 11) is 0. The van der Waals surface area contributed by atoms with E-state index in [9.17, 15) is 4.79 Å². The molecule has 1 N–H and O–H groups in total. The van der Waals surface area contributed by atoms with Gasteiger partial charge < -0.3 is 9.88 Å². The number of benzene rings is 2. The lowest BCUT2D eigenvalue weighted by Gasteiger charge is -2.10. The summed E-state index contributed by atoms with van der Waals surface area (Å²) < 4.78 is 1.85. The molecule has 0 unspecified atom stereocenters. The highest BCUT2D eigenvalue weighted by Crippen LogP contribution is 2.31. The second-order valence-electron chi connectivity index (χ2n) is 6.79. The molecule has 0 saturated carbocycles. The predicted octanol–water partition coefficient (Wildman–Crippen LogP) is 4.66. The molecule has 0 spiro atoms. The summed E-state index contributed by atoms with van der Waals surface area (Å²) in [5.41, 5.74) is 5.52. The quantitative estimate of drug-likeness (QED) is 0.477. The average Bonchev–Trinajstić information content (AvgIpc) is 3.34. The molecule has 7 heteroatoms. The van der Waals surface area contributed by atoms with Crippen molar-refractivity contribution in [2.75, 3.05) is 5.32 Å². The summed E-state index contributed by atoms with van der Waals surface area (Å²) >= 11 is 1.56. The van der Waals surface area contributed by atoms with Gasteiger partial charge in [-0.15, -0.1) is 0 Å². The lowest BCUT2D eigenvalue weighted by molar-refractivity contribution is -0.116. The van der Waals surface area contributed by atoms with E-state index in [4.69, 9.17) is 0 Å². The Morgan fingerprint density at radius 2 is 1.93 bits per heavy atom. The van der Waals surface area contributed by atoms with Crippen molar-refractivity contribution in [2.45, 2.75) is 13.5 Å². The molecule has 0 atom stereocenters. The molecule has 0 fully saturated rings. The highest BCUT2D eigenvalue weighted by Gasteiger charge is 2.11. The van der Waals surface area contributed by atoms with Crippen molar-refractivity contribution in [3.63, 3.8) is 0 Å². The van der Waals surface area contributed by atoms with Gasteiger partial charge in [-0.3, -0.25) is 4.79 Å². The third kappa shape index (κ3) is 3.36. The molecule has 6 nitrogen and oxygen atoms in total. The van der Waals surface area contributed by atoms with Crippen LogP contribution in [0.3, 0.4) is 0 Å². The number of hydrogen-bond donors (Lipinski definition) is 1. The number of anilines is 1. The molecule has 0 radical (unpaired) electrons. The molecule has 5 rings (SSSR count). The number of thiazole rings is 1. The third-order valence-corrected chi connectivity index (χ3v) is 5.78. The highest BCUT2D eigenvalue weighted by atomic mass is 32.1. The Labute approximate surface area is 170 Å². The summed E-state index contributed by atoms with van der Waals surface area (Å²) in [5.74, 6) is -0.0896. The van der Waals surface area contributed by atoms with Gasteiger partial charge in [-0.05, 0) is 55.0 Å². The summed E-state index contributed by atoms with van der Waals surface area (Å²) in [6.07, 6.45) is 3.47. The van der Waals surface area contributed by atoms with E-state index in [0.29, 0.717) is 0 Å². The standard InChI is InChI=1S/C22H17N5OS/c1-14-11-15(21-26-18-6-4-10-23-22(18)29-21)8-9-16(14)25-20(28)12-27-13-24-17-5-2-3-7-19(17)27/h2-11,13H,12H2,1H3,(H,25,28). The van der Waals surface area contributed by atoms with Crippen molar-refractivity contribution >= 4 is 44.3 Å². The largest absolute Gasteiger partial charge is 0.324 e. The molecule has 0 saturated heterocycles. The van der Waals surface area contributed by atoms with Crippen molar-refractivity contribution in [1.82, 2.24) is 19.5 Å². The van der Waals surface area contributed by atoms with Gasteiger partial charge in [0.1, 0.15) is 21.9 Å². The molecule has 0 aliphatic rings. The summed E-state index contributed by atoms with van der Waals surface area (Å²) in [6, 6.07) is 17.6. The Kier molecular flexibility index (Phi) is 4.29. The zero-order chi connectivity index (χ0) is 19.8. The summed E-state index contributed by atoms with van der Waals surface area (Å²) in [6.45, 7) is 2.20. The van der Waals surface area contributed by atoms with Gasteiger partial charge >= 0.3 is 0 Å². The number of nitrogens with one attached hydrogen (secondary N) is 1. The smallest absolute Gasteiger partial charge is 0.244 e. The lowest BCUT2D eigenvalue weighted by atomic mass is 10.1. The van der Waals surface area contributed by atoms with Crippen molar-refractivity contribution in [3.05, 3.63) is 72.7 Å². The molecule has 0 bridgehead atoms. The SMILES string of the molecule is Cc1cc(-c2nc3cccnc3s2)ccc1NC(=O)Cn1cnc2ccccc21. The molecular formula is C22H17N5OS. The molecule has 0 aliphatic heterocycles. The topological polar surface area (TPSA) is 72.7 Å². The van der Waals surface area contributed by atoms with Gasteiger partial charge in [0.25, 0.3) is 0 Å². The number of hydrogen-bond acceptors (Lipinski definition) is 5. The Balaban J connectivity index is 1.35. The maximum absolute atomic E-state index is 12.6. The number of para-hydroxylation sites is 2. The van der Waals surface area contributed by atoms with E-state index in [1.165, 1.54) is 0 Å². The zero-order valence-electron chi connectivity index (χ0n) is 15.7. The number of aryl methyl sites for hydroxylation is 1. The number of carbonyl (C=O) groups excluding carboxylic acids is 1. The number of rotatable bonds is 4. The minimum absolute atomic E-state index is 0.0896. The van der Waals surface area contributed by atoms with Crippen LogP contribution >= 0.6 is 11.3 Å². The maximum Gasteiger partial charge on any atom is 0.244 e. The second kappa shape index (κ2) is 7.10. The molecule has 1 amide bonds. The van der Waals surface area contributed by atoms with Crippen LogP contribution in [-0.4, -0.2) is 25.4 Å². The number of imidazole rings is 1. The van der Waals surface area contributed by atoms with Crippen molar-refractivity contribution in [2.24, 2.45) is 0 Å². The fourth-order valence-corrected chi connectivity index (χ4v) is 4.21. The highest BCUT2D eigenvalue weighted by molar-refractivity contribution is 7.21. The first-order valence-corrected chi connectivity index (χ1v) is 10.0. The van der Waals surface area contributed by atoms with Crippen LogP contribution in [0.5, 0.6) is 0 Å². The van der Waals surface area contributed by atoms with Gasteiger partial charge in [0.15, 0.2) is 0 Å². The average molecular weight is 399 g/mol. The van der Waals surface area contributed by atoms with Gasteiger partial charge in [0.05, 0.1) is 17.4 Å². The predicted molar refractivity (Wildman–Crippen MR) is 116 cm³/mol. The Morgan fingerprint density at radius 3 is 2.79 bits per heavy atom. The Morgan fingerprint density at radius 1 is 1.07 bits per heavy atom. The Hall–Kier alpha value is -3.58. The number of aromatic nitrogens is 4. The van der Waals surface area contributed by atoms with Crippen molar-refractivity contribution < 1.29 is 4.79 Å². The summed E-state index contributed by atoms with van der Waals surface area (Å²) in [5, 5.41) is 3.92. The summed E-state index contributed by atoms with van der Waals surface area (Å²) in [4.78, 5) is 26.8. The second-order valence-corrected chi connectivity index (χ2v) is 7.76. The van der Waals surface area contributed by atoms with Crippen LogP contribution in [0.1, 0.15) is 5.56 Å². The van der Waals surface area contributed by atoms with Crippen LogP contribution in [0.25, 0.3) is 32.0 Å². The van der Waals surface area contributed by atoms with Gasteiger partial charge in [-0.1, -0.05) is 23.5 Å². The number of pyridine rings is 1. The number of carbonyl (C=O) groups is 1. The molecule has 3 aromatic heterocycles. The van der Waals surface area contributed by atoms with E-state index < -0.39 is 0 Å². The lowest BCUT2D eigenvalue weighted by Crippen LogP contribution is -2.18. The number of nitrogens with zero attached hydrogens (tertiary/aromatic N) is 4. The van der Waals surface area contributed by atoms with Crippen LogP contribution in [0.4, 0.5) is 5.69 Å². The van der Waals surface area contributed by atoms with Crippen LogP contribution in [0.2, 0.25) is 0 Å². The molecule has 5 aromatic rings. The van der Waals surface area contributed by atoms with Crippen LogP contribution < -0.4 is 5.32 Å². The van der Waals surface area contributed by atoms with Crippen molar-refractivity contribution in [3.8, 4) is 10.6 Å². The van der Waals surface area contributed by atoms with E-state index in [-0.39, 0.29) is 12.5 Å². The monoisotopic (exact) mass is 399 g/mol. The van der Waals surface area contributed by atoms with E-state index in [2.05, 4.69) is 20.3 Å². The zero-order valence-corrected chi connectivity index (χ0v) is 16.5. The van der Waals surface area contributed by atoms with Crippen molar-refractivity contribution in [1.29, 1.82) is 0 Å². The van der Waals surface area contributed by atoms with Gasteiger partial charge in [0.2, 0.25) is 5.91 Å². The normalized spacial score (nSPS) is 11.2. The first-order valence-electron chi connectivity index (χ1n) is 9.20. The van der Waals surface area contributed by atoms with E-state index in [0.717, 1.165) is 43.2 Å². The molecule has 29 heavy (non-hydrogen) atoms. The molecule has 0 aliphatic carbocycles. The first-order chi connectivity index (χ1) is 14.2. The number of fused-ring (bicyclic) bond motifs is 2.